The Kier molecular flexibility index (Phi) is 3.61. The molecule has 0 saturated heterocycles. The van der Waals surface area contributed by atoms with Gasteiger partial charge in [-0.15, -0.1) is 0 Å². The molecule has 1 N–H and O–H groups in total. The van der Waals surface area contributed by atoms with Crippen LogP contribution in [-0.4, -0.2) is 18.7 Å². The average molecular weight is 252 g/mol. The van der Waals surface area contributed by atoms with Gasteiger partial charge in [0.05, 0.1) is 0 Å². The Hall–Kier alpha value is -0.730. The van der Waals surface area contributed by atoms with Crippen LogP contribution in [0.5, 0.6) is 0 Å². The molecule has 3 heteroatoms. The Balaban J connectivity index is 1.90. The van der Waals surface area contributed by atoms with Gasteiger partial charge in [0.15, 0.2) is 0 Å². The van der Waals surface area contributed by atoms with Crippen LogP contribution in [0.15, 0.2) is 0 Å². The molecule has 0 aromatic rings. The van der Waals surface area contributed by atoms with E-state index in [4.69, 9.17) is 4.74 Å². The summed E-state index contributed by atoms with van der Waals surface area (Å²) in [6.07, 6.45) is 5.09. The van der Waals surface area contributed by atoms with Crippen molar-refractivity contribution in [3.8, 4) is 0 Å². The molecule has 3 unspecified atom stereocenters. The number of alkyl carbamates (subject to hydrolysis) is 1. The van der Waals surface area contributed by atoms with E-state index in [2.05, 4.69) is 33.0 Å². The Morgan fingerprint density at radius 3 is 2.67 bits per heavy atom. The van der Waals surface area contributed by atoms with Gasteiger partial charge in [0, 0.05) is 12.0 Å². The molecule has 0 aromatic carbocycles. The van der Waals surface area contributed by atoms with Crippen LogP contribution in [0.4, 0.5) is 4.79 Å². The van der Waals surface area contributed by atoms with E-state index in [1.165, 1.54) is 12.8 Å². The number of hydrogen-bond acceptors (Lipinski definition) is 2. The summed E-state index contributed by atoms with van der Waals surface area (Å²) in [7, 11) is 0. The van der Waals surface area contributed by atoms with E-state index < -0.39 is 0 Å². The van der Waals surface area contributed by atoms with Crippen molar-refractivity contribution in [2.45, 2.75) is 59.0 Å². The lowest BCUT2D eigenvalue weighted by molar-refractivity contribution is -0.00414. The molecule has 0 spiro atoms. The van der Waals surface area contributed by atoms with Gasteiger partial charge >= 0.3 is 6.09 Å². The molecule has 2 fully saturated rings. The number of nitrogens with one attached hydrogen (secondary N) is 1. The zero-order valence-corrected chi connectivity index (χ0v) is 11.9. The van der Waals surface area contributed by atoms with Gasteiger partial charge in [0.25, 0.3) is 0 Å². The van der Waals surface area contributed by atoms with Crippen LogP contribution in [0.2, 0.25) is 0 Å². The molecule has 103 valence electrons. The molecule has 18 heavy (non-hydrogen) atoms. The zero-order chi connectivity index (χ0) is 13.4. The van der Waals surface area contributed by atoms with Gasteiger partial charge in [-0.3, -0.25) is 0 Å². The van der Waals surface area contributed by atoms with Crippen molar-refractivity contribution in [1.82, 2.24) is 5.32 Å². The highest BCUT2D eigenvalue weighted by atomic mass is 16.6. The predicted octanol–water partition coefficient (Wildman–Crippen LogP) is 3.54. The second-order valence-corrected chi connectivity index (χ2v) is 6.64. The normalized spacial score (nSPS) is 36.7. The molecule has 0 aliphatic heterocycles. The molecule has 0 aromatic heterocycles. The highest BCUT2D eigenvalue weighted by molar-refractivity contribution is 5.67. The van der Waals surface area contributed by atoms with E-state index in [0.29, 0.717) is 17.9 Å². The van der Waals surface area contributed by atoms with Crippen molar-refractivity contribution in [3.63, 3.8) is 0 Å². The summed E-state index contributed by atoms with van der Waals surface area (Å²) in [5.74, 6) is 0.708. The minimum absolute atomic E-state index is 0.0889. The maximum Gasteiger partial charge on any atom is 0.407 e. The number of carbonyl (C=O) groups excluding carboxylic acids is 1. The molecule has 2 aliphatic carbocycles. The summed E-state index contributed by atoms with van der Waals surface area (Å²) in [5.41, 5.74) is 0.451. The number of fused-ring (bicyclic) bond motifs is 2. The lowest BCUT2D eigenvalue weighted by atomic mass is 9.70. The van der Waals surface area contributed by atoms with Crippen LogP contribution in [0, 0.1) is 23.7 Å². The Labute approximate surface area is 111 Å². The molecule has 2 bridgehead atoms. The molecular weight excluding hydrogens is 226 g/mol. The van der Waals surface area contributed by atoms with Crippen molar-refractivity contribution >= 4 is 6.09 Å². The third-order valence-corrected chi connectivity index (χ3v) is 5.66. The summed E-state index contributed by atoms with van der Waals surface area (Å²) in [4.78, 5) is 11.7. The lowest BCUT2D eigenvalue weighted by Crippen LogP contribution is -2.40. The fraction of sp³-hybridized carbons (Fsp3) is 0.867. The maximum atomic E-state index is 11.7. The lowest BCUT2D eigenvalue weighted by Gasteiger charge is -2.38. The molecule has 1 radical (unpaired) electrons. The number of hydrogen-bond donors (Lipinski definition) is 1. The van der Waals surface area contributed by atoms with Crippen LogP contribution in [0.25, 0.3) is 0 Å². The zero-order valence-electron chi connectivity index (χ0n) is 11.9. The first-order valence-corrected chi connectivity index (χ1v) is 7.15. The maximum absolute atomic E-state index is 11.7. The number of unbranched alkanes of at least 4 members (excludes halogenated alkanes) is 1. The largest absolute Gasteiger partial charge is 0.446 e. The first-order chi connectivity index (χ1) is 8.41. The quantitative estimate of drug-likeness (QED) is 0.777. The van der Waals surface area contributed by atoms with Crippen LogP contribution in [-0.2, 0) is 4.74 Å². The van der Waals surface area contributed by atoms with Crippen LogP contribution in [0.3, 0.4) is 0 Å². The van der Waals surface area contributed by atoms with Crippen LogP contribution >= 0.6 is 0 Å². The van der Waals surface area contributed by atoms with Crippen LogP contribution in [0.1, 0.15) is 52.9 Å². The number of amides is 1. The Morgan fingerprint density at radius 2 is 2.17 bits per heavy atom. The SMILES string of the molecule is [CH2]CCCNC(=O)OC1CC2CCC1(C)C2(C)C. The van der Waals surface area contributed by atoms with Gasteiger partial charge in [0.1, 0.15) is 6.10 Å². The Bertz CT molecular complexity index is 326. The van der Waals surface area contributed by atoms with E-state index in [9.17, 15) is 4.79 Å². The van der Waals surface area contributed by atoms with E-state index in [-0.39, 0.29) is 17.6 Å². The van der Waals surface area contributed by atoms with Crippen molar-refractivity contribution < 1.29 is 9.53 Å². The number of rotatable bonds is 4. The molecule has 0 heterocycles. The highest BCUT2D eigenvalue weighted by Gasteiger charge is 2.62. The van der Waals surface area contributed by atoms with Gasteiger partial charge in [-0.05, 0) is 37.0 Å². The third-order valence-electron chi connectivity index (χ3n) is 5.66. The van der Waals surface area contributed by atoms with Gasteiger partial charge in [0.2, 0.25) is 0 Å². The second kappa shape index (κ2) is 4.75. The number of ether oxygens (including phenoxy) is 1. The molecule has 2 aliphatic rings. The highest BCUT2D eigenvalue weighted by Crippen LogP contribution is 2.66. The van der Waals surface area contributed by atoms with Crippen molar-refractivity contribution in [2.75, 3.05) is 6.54 Å². The second-order valence-electron chi connectivity index (χ2n) is 6.64. The van der Waals surface area contributed by atoms with Gasteiger partial charge in [-0.1, -0.05) is 34.1 Å². The fourth-order valence-corrected chi connectivity index (χ4v) is 3.79. The monoisotopic (exact) mass is 252 g/mol. The molecule has 2 saturated carbocycles. The summed E-state index contributed by atoms with van der Waals surface area (Å²) >= 11 is 0. The third kappa shape index (κ3) is 2.02. The summed E-state index contributed by atoms with van der Waals surface area (Å²) < 4.78 is 5.66. The first-order valence-electron chi connectivity index (χ1n) is 7.15. The molecule has 2 rings (SSSR count). The van der Waals surface area contributed by atoms with Crippen molar-refractivity contribution in [3.05, 3.63) is 6.92 Å². The predicted molar refractivity (Wildman–Crippen MR) is 72.1 cm³/mol. The fourth-order valence-electron chi connectivity index (χ4n) is 3.79. The first kappa shape index (κ1) is 13.7. The van der Waals surface area contributed by atoms with Gasteiger partial charge in [-0.2, -0.15) is 0 Å². The van der Waals surface area contributed by atoms with Gasteiger partial charge in [-0.25, -0.2) is 4.79 Å². The minimum Gasteiger partial charge on any atom is -0.446 e. The summed E-state index contributed by atoms with van der Waals surface area (Å²) in [6, 6.07) is 0. The van der Waals surface area contributed by atoms with E-state index in [1.54, 1.807) is 0 Å². The Morgan fingerprint density at radius 1 is 1.44 bits per heavy atom. The standard InChI is InChI=1S/C15H26NO2/c1-5-6-9-16-13(17)18-12-10-11-7-8-15(12,4)14(11,2)3/h11-12H,1,5-10H2,2-4H3,(H,16,17). The minimum atomic E-state index is -0.252. The average Bonchev–Trinajstić information content (AvgIpc) is 2.62. The molecule has 3 nitrogen and oxygen atoms in total. The summed E-state index contributed by atoms with van der Waals surface area (Å²) in [6.45, 7) is 11.4. The van der Waals surface area contributed by atoms with E-state index in [0.717, 1.165) is 19.3 Å². The van der Waals surface area contributed by atoms with Crippen molar-refractivity contribution in [2.24, 2.45) is 16.7 Å². The van der Waals surface area contributed by atoms with E-state index in [1.807, 2.05) is 0 Å². The van der Waals surface area contributed by atoms with Gasteiger partial charge < -0.3 is 10.1 Å². The van der Waals surface area contributed by atoms with E-state index >= 15 is 0 Å². The topological polar surface area (TPSA) is 38.3 Å². The smallest absolute Gasteiger partial charge is 0.407 e. The molecular formula is C15H26NO2. The summed E-state index contributed by atoms with van der Waals surface area (Å²) in [5, 5.41) is 2.81. The molecule has 1 amide bonds. The number of carbonyl (C=O) groups is 1. The molecule has 3 atom stereocenters. The van der Waals surface area contributed by atoms with Crippen LogP contribution < -0.4 is 5.32 Å². The van der Waals surface area contributed by atoms with Crippen molar-refractivity contribution in [1.29, 1.82) is 0 Å².